The first kappa shape index (κ1) is 15.5. The van der Waals surface area contributed by atoms with Gasteiger partial charge in [0.15, 0.2) is 0 Å². The zero-order valence-corrected chi connectivity index (χ0v) is 13.7. The van der Waals surface area contributed by atoms with Crippen molar-refractivity contribution in [1.82, 2.24) is 5.32 Å². The lowest BCUT2D eigenvalue weighted by Gasteiger charge is -2.25. The molecule has 0 bridgehead atoms. The largest absolute Gasteiger partial charge is 0.312 e. The zero-order chi connectivity index (χ0) is 14.7. The summed E-state index contributed by atoms with van der Waals surface area (Å²) < 4.78 is 14.8. The summed E-state index contributed by atoms with van der Waals surface area (Å²) in [6, 6.07) is 13.0. The highest BCUT2D eigenvalue weighted by atomic mass is 79.9. The maximum Gasteiger partial charge on any atom is 0.129 e. The molecule has 0 spiro atoms. The molecule has 2 rings (SSSR count). The molecule has 0 aliphatic heterocycles. The average Bonchev–Trinajstić information content (AvgIpc) is 2.46. The van der Waals surface area contributed by atoms with Crippen molar-refractivity contribution < 1.29 is 4.39 Å². The van der Waals surface area contributed by atoms with Crippen molar-refractivity contribution in [1.29, 1.82) is 0 Å². The lowest BCUT2D eigenvalue weighted by atomic mass is 9.88. The van der Waals surface area contributed by atoms with E-state index in [-0.39, 0.29) is 17.8 Å². The van der Waals surface area contributed by atoms with E-state index in [9.17, 15) is 4.39 Å². The Morgan fingerprint density at radius 2 is 1.85 bits per heavy atom. The van der Waals surface area contributed by atoms with Gasteiger partial charge in [0.1, 0.15) is 5.82 Å². The molecule has 0 saturated heterocycles. The summed E-state index contributed by atoms with van der Waals surface area (Å²) in [6.45, 7) is 2.08. The Labute approximate surface area is 132 Å². The molecular weight excluding hydrogens is 341 g/mol. The van der Waals surface area contributed by atoms with Crippen LogP contribution in [0.25, 0.3) is 0 Å². The first-order valence-corrected chi connectivity index (χ1v) is 7.58. The van der Waals surface area contributed by atoms with Crippen LogP contribution in [0.15, 0.2) is 46.9 Å². The minimum Gasteiger partial charge on any atom is -0.312 e. The molecule has 1 N–H and O–H groups in total. The quantitative estimate of drug-likeness (QED) is 0.732. The molecule has 2 unspecified atom stereocenters. The van der Waals surface area contributed by atoms with Crippen LogP contribution >= 0.6 is 27.5 Å². The maximum absolute atomic E-state index is 14.2. The standard InChI is InChI=1S/C16H16BrClFN/c1-10(11-6-4-3-5-7-11)16(20-2)12-8-14(18)13(17)9-15(12)19/h3-10,16,20H,1-2H3. The number of likely N-dealkylation sites (N-methyl/N-ethyl adjacent to an activating group) is 1. The van der Waals surface area contributed by atoms with Gasteiger partial charge in [-0.3, -0.25) is 0 Å². The van der Waals surface area contributed by atoms with Gasteiger partial charge in [0.05, 0.1) is 5.02 Å². The van der Waals surface area contributed by atoms with Crippen LogP contribution < -0.4 is 5.32 Å². The number of hydrogen-bond acceptors (Lipinski definition) is 1. The molecule has 4 heteroatoms. The molecule has 0 aliphatic carbocycles. The van der Waals surface area contributed by atoms with E-state index < -0.39 is 0 Å². The van der Waals surface area contributed by atoms with Gasteiger partial charge in [-0.1, -0.05) is 48.9 Å². The highest BCUT2D eigenvalue weighted by Gasteiger charge is 2.23. The van der Waals surface area contributed by atoms with Crippen LogP contribution in [0.5, 0.6) is 0 Å². The van der Waals surface area contributed by atoms with Crippen molar-refractivity contribution in [3.63, 3.8) is 0 Å². The molecule has 1 nitrogen and oxygen atoms in total. The van der Waals surface area contributed by atoms with Crippen LogP contribution in [0.3, 0.4) is 0 Å². The van der Waals surface area contributed by atoms with Gasteiger partial charge in [-0.2, -0.15) is 0 Å². The second kappa shape index (κ2) is 6.70. The van der Waals surface area contributed by atoms with Crippen LogP contribution in [0.2, 0.25) is 5.02 Å². The van der Waals surface area contributed by atoms with E-state index in [1.807, 2.05) is 37.4 Å². The van der Waals surface area contributed by atoms with Gasteiger partial charge in [0.25, 0.3) is 0 Å². The first-order valence-electron chi connectivity index (χ1n) is 6.41. The summed E-state index contributed by atoms with van der Waals surface area (Å²) in [7, 11) is 1.83. The fourth-order valence-corrected chi connectivity index (χ4v) is 2.89. The number of nitrogens with one attached hydrogen (secondary N) is 1. The van der Waals surface area contributed by atoms with Crippen molar-refractivity contribution in [3.8, 4) is 0 Å². The second-order valence-corrected chi connectivity index (χ2v) is 6.02. The van der Waals surface area contributed by atoms with E-state index in [1.54, 1.807) is 6.07 Å². The Balaban J connectivity index is 2.40. The fraction of sp³-hybridized carbons (Fsp3) is 0.250. The van der Waals surface area contributed by atoms with Crippen LogP contribution in [0.1, 0.15) is 30.0 Å². The fourth-order valence-electron chi connectivity index (χ4n) is 2.40. The van der Waals surface area contributed by atoms with Gasteiger partial charge in [-0.05, 0) is 40.7 Å². The molecule has 0 amide bonds. The van der Waals surface area contributed by atoms with E-state index in [0.717, 1.165) is 5.56 Å². The molecular formula is C16H16BrClFN. The summed E-state index contributed by atoms with van der Waals surface area (Å²) in [5, 5.41) is 3.71. The highest BCUT2D eigenvalue weighted by molar-refractivity contribution is 9.10. The van der Waals surface area contributed by atoms with Crippen molar-refractivity contribution in [3.05, 3.63) is 68.9 Å². The molecule has 0 saturated carbocycles. The van der Waals surface area contributed by atoms with Gasteiger partial charge in [0.2, 0.25) is 0 Å². The smallest absolute Gasteiger partial charge is 0.129 e. The Kier molecular flexibility index (Phi) is 5.19. The first-order chi connectivity index (χ1) is 9.54. The van der Waals surface area contributed by atoms with Crippen molar-refractivity contribution >= 4 is 27.5 Å². The van der Waals surface area contributed by atoms with Crippen molar-refractivity contribution in [2.75, 3.05) is 7.05 Å². The molecule has 2 atom stereocenters. The third-order valence-corrected chi connectivity index (χ3v) is 4.71. The van der Waals surface area contributed by atoms with Gasteiger partial charge in [-0.25, -0.2) is 4.39 Å². The third kappa shape index (κ3) is 3.22. The topological polar surface area (TPSA) is 12.0 Å². The van der Waals surface area contributed by atoms with E-state index in [1.165, 1.54) is 6.07 Å². The van der Waals surface area contributed by atoms with Gasteiger partial charge < -0.3 is 5.32 Å². The van der Waals surface area contributed by atoms with Crippen LogP contribution in [0, 0.1) is 5.82 Å². The molecule has 0 fully saturated rings. The van der Waals surface area contributed by atoms with Crippen LogP contribution in [-0.4, -0.2) is 7.05 Å². The van der Waals surface area contributed by atoms with Crippen molar-refractivity contribution in [2.45, 2.75) is 18.9 Å². The Bertz CT molecular complexity index is 589. The molecule has 2 aromatic rings. The minimum atomic E-state index is -0.261. The second-order valence-electron chi connectivity index (χ2n) is 4.75. The number of benzene rings is 2. The molecule has 0 aliphatic rings. The number of hydrogen-bond donors (Lipinski definition) is 1. The normalized spacial score (nSPS) is 14.1. The monoisotopic (exact) mass is 355 g/mol. The highest BCUT2D eigenvalue weighted by Crippen LogP contribution is 2.35. The maximum atomic E-state index is 14.2. The van der Waals surface area contributed by atoms with Gasteiger partial charge >= 0.3 is 0 Å². The lowest BCUT2D eigenvalue weighted by Crippen LogP contribution is -2.23. The molecule has 20 heavy (non-hydrogen) atoms. The van der Waals surface area contributed by atoms with E-state index in [0.29, 0.717) is 15.1 Å². The van der Waals surface area contributed by atoms with Gasteiger partial charge in [-0.15, -0.1) is 0 Å². The minimum absolute atomic E-state index is 0.132. The lowest BCUT2D eigenvalue weighted by molar-refractivity contribution is 0.478. The summed E-state index contributed by atoms with van der Waals surface area (Å²) in [5.41, 5.74) is 1.74. The number of rotatable bonds is 4. The van der Waals surface area contributed by atoms with Crippen molar-refractivity contribution in [2.24, 2.45) is 0 Å². The summed E-state index contributed by atoms with van der Waals surface area (Å²) >= 11 is 9.34. The Morgan fingerprint density at radius 1 is 1.20 bits per heavy atom. The Morgan fingerprint density at radius 3 is 2.45 bits per heavy atom. The Hall–Kier alpha value is -0.900. The third-order valence-electron chi connectivity index (χ3n) is 3.51. The average molecular weight is 357 g/mol. The predicted molar refractivity (Wildman–Crippen MR) is 85.8 cm³/mol. The molecule has 0 heterocycles. The van der Waals surface area contributed by atoms with E-state index in [2.05, 4.69) is 28.2 Å². The SMILES string of the molecule is CNC(c1cc(Cl)c(Br)cc1F)C(C)c1ccccc1. The van der Waals surface area contributed by atoms with Crippen LogP contribution in [-0.2, 0) is 0 Å². The molecule has 106 valence electrons. The van der Waals surface area contributed by atoms with E-state index in [4.69, 9.17) is 11.6 Å². The predicted octanol–water partition coefficient (Wildman–Crippen LogP) is 5.31. The molecule has 2 aromatic carbocycles. The summed E-state index contributed by atoms with van der Waals surface area (Å²) in [4.78, 5) is 0. The number of halogens is 3. The van der Waals surface area contributed by atoms with E-state index >= 15 is 0 Å². The van der Waals surface area contributed by atoms with Gasteiger partial charge in [0, 0.05) is 22.0 Å². The zero-order valence-electron chi connectivity index (χ0n) is 11.3. The molecule has 0 aromatic heterocycles. The summed E-state index contributed by atoms with van der Waals surface area (Å²) in [5.74, 6) is -0.128. The summed E-state index contributed by atoms with van der Waals surface area (Å²) in [6.07, 6.45) is 0. The van der Waals surface area contributed by atoms with Crippen LogP contribution in [0.4, 0.5) is 4.39 Å². The molecule has 0 radical (unpaired) electrons.